The molecule has 3 rings (SSSR count). The van der Waals surface area contributed by atoms with Gasteiger partial charge in [0.05, 0.1) is 16.8 Å². The number of para-hydroxylation sites is 1. The minimum atomic E-state index is -0.324. The molecule has 0 saturated carbocycles. The molecule has 3 aromatic rings. The van der Waals surface area contributed by atoms with E-state index in [1.807, 2.05) is 45.0 Å². The van der Waals surface area contributed by atoms with Crippen LogP contribution in [0.25, 0.3) is 10.9 Å². The quantitative estimate of drug-likeness (QED) is 0.534. The Bertz CT molecular complexity index is 930. The fraction of sp³-hybridized carbons (Fsp3) is 0.250. The molecule has 0 aliphatic heterocycles. The fourth-order valence-electron chi connectivity index (χ4n) is 2.63. The molecule has 0 aliphatic carbocycles. The molecule has 0 unspecified atom stereocenters. The first kappa shape index (κ1) is 18.3. The van der Waals surface area contributed by atoms with Crippen molar-refractivity contribution in [3.8, 4) is 0 Å². The molecule has 0 spiro atoms. The maximum absolute atomic E-state index is 13.0. The van der Waals surface area contributed by atoms with Crippen LogP contribution in [0.2, 0.25) is 0 Å². The lowest BCUT2D eigenvalue weighted by Crippen LogP contribution is -2.33. The second-order valence-electron chi connectivity index (χ2n) is 6.14. The predicted molar refractivity (Wildman–Crippen MR) is 103 cm³/mol. The molecular weight excluding hydrogens is 349 g/mol. The van der Waals surface area contributed by atoms with Gasteiger partial charge in [-0.05, 0) is 44.5 Å². The normalized spacial score (nSPS) is 13.4. The Morgan fingerprint density at radius 2 is 1.77 bits per heavy atom. The molecule has 0 bridgehead atoms. The molecule has 1 amide bonds. The van der Waals surface area contributed by atoms with Gasteiger partial charge in [0.15, 0.2) is 0 Å². The first-order chi connectivity index (χ1) is 12.4. The van der Waals surface area contributed by atoms with Crippen molar-refractivity contribution < 1.29 is 9.18 Å². The molecule has 1 N–H and O–H groups in total. The summed E-state index contributed by atoms with van der Waals surface area (Å²) in [7, 11) is 0. The van der Waals surface area contributed by atoms with Crippen LogP contribution in [-0.2, 0) is 4.79 Å². The topological polar surface area (TPSA) is 54.9 Å². The van der Waals surface area contributed by atoms with Crippen LogP contribution in [0.4, 0.5) is 4.39 Å². The number of halogens is 1. The smallest absolute Gasteiger partial charge is 0.233 e. The van der Waals surface area contributed by atoms with Crippen molar-refractivity contribution in [2.24, 2.45) is 0 Å². The summed E-state index contributed by atoms with van der Waals surface area (Å²) >= 11 is 1.41. The number of nitrogens with one attached hydrogen (secondary N) is 1. The number of aryl methyl sites for hydroxylation is 1. The average Bonchev–Trinajstić information content (AvgIpc) is 2.62. The molecular formula is C20H20FN3OS. The lowest BCUT2D eigenvalue weighted by atomic mass is 10.1. The summed E-state index contributed by atoms with van der Waals surface area (Å²) in [5.74, 6) is 0.299. The third-order valence-electron chi connectivity index (χ3n) is 4.07. The highest BCUT2D eigenvalue weighted by molar-refractivity contribution is 8.00. The number of benzene rings is 2. The minimum absolute atomic E-state index is 0.0906. The molecule has 0 saturated heterocycles. The van der Waals surface area contributed by atoms with Gasteiger partial charge in [-0.1, -0.05) is 42.1 Å². The summed E-state index contributed by atoms with van der Waals surface area (Å²) in [6.07, 6.45) is 0. The van der Waals surface area contributed by atoms with Gasteiger partial charge in [0.2, 0.25) is 5.91 Å². The summed E-state index contributed by atoms with van der Waals surface area (Å²) in [4.78, 5) is 21.5. The van der Waals surface area contributed by atoms with Gasteiger partial charge in [-0.15, -0.1) is 0 Å². The lowest BCUT2D eigenvalue weighted by Gasteiger charge is -2.18. The van der Waals surface area contributed by atoms with Gasteiger partial charge in [-0.3, -0.25) is 4.79 Å². The van der Waals surface area contributed by atoms with Crippen LogP contribution in [0.15, 0.2) is 53.6 Å². The zero-order chi connectivity index (χ0) is 18.7. The first-order valence-corrected chi connectivity index (χ1v) is 9.28. The maximum Gasteiger partial charge on any atom is 0.233 e. The van der Waals surface area contributed by atoms with Crippen molar-refractivity contribution in [1.82, 2.24) is 15.3 Å². The number of carbonyl (C=O) groups excluding carboxylic acids is 1. The monoisotopic (exact) mass is 369 g/mol. The van der Waals surface area contributed by atoms with E-state index in [0.717, 1.165) is 21.5 Å². The second-order valence-corrected chi connectivity index (χ2v) is 7.46. The number of rotatable bonds is 5. The van der Waals surface area contributed by atoms with Crippen LogP contribution < -0.4 is 5.32 Å². The molecule has 6 heteroatoms. The van der Waals surface area contributed by atoms with Gasteiger partial charge >= 0.3 is 0 Å². The fourth-order valence-corrected chi connectivity index (χ4v) is 3.63. The Balaban J connectivity index is 1.72. The number of hydrogen-bond acceptors (Lipinski definition) is 4. The van der Waals surface area contributed by atoms with E-state index < -0.39 is 0 Å². The van der Waals surface area contributed by atoms with Crippen molar-refractivity contribution in [2.75, 3.05) is 0 Å². The molecule has 26 heavy (non-hydrogen) atoms. The van der Waals surface area contributed by atoms with E-state index in [1.54, 1.807) is 12.1 Å². The summed E-state index contributed by atoms with van der Waals surface area (Å²) in [5.41, 5.74) is 1.73. The SMILES string of the molecule is Cc1nc(S[C@@H](C)C(=O)N[C@H](C)c2ccc(F)cc2)c2ccccc2n1. The molecule has 2 aromatic carbocycles. The zero-order valence-corrected chi connectivity index (χ0v) is 15.7. The van der Waals surface area contributed by atoms with E-state index >= 15 is 0 Å². The Hall–Kier alpha value is -2.47. The molecule has 1 heterocycles. The van der Waals surface area contributed by atoms with Crippen molar-refractivity contribution in [3.63, 3.8) is 0 Å². The van der Waals surface area contributed by atoms with Crippen LogP contribution in [0.1, 0.15) is 31.3 Å². The van der Waals surface area contributed by atoms with Crippen LogP contribution in [-0.4, -0.2) is 21.1 Å². The van der Waals surface area contributed by atoms with Gasteiger partial charge in [0, 0.05) is 5.39 Å². The van der Waals surface area contributed by atoms with Crippen LogP contribution in [0.3, 0.4) is 0 Å². The highest BCUT2D eigenvalue weighted by Crippen LogP contribution is 2.29. The van der Waals surface area contributed by atoms with Crippen LogP contribution in [0.5, 0.6) is 0 Å². The van der Waals surface area contributed by atoms with Crippen molar-refractivity contribution in [3.05, 3.63) is 65.7 Å². The third-order valence-corrected chi connectivity index (χ3v) is 5.17. The number of carbonyl (C=O) groups is 1. The average molecular weight is 369 g/mol. The highest BCUT2D eigenvalue weighted by atomic mass is 32.2. The third kappa shape index (κ3) is 4.19. The largest absolute Gasteiger partial charge is 0.349 e. The molecule has 0 radical (unpaired) electrons. The van der Waals surface area contributed by atoms with E-state index in [1.165, 1.54) is 23.9 Å². The maximum atomic E-state index is 13.0. The number of fused-ring (bicyclic) bond motifs is 1. The molecule has 134 valence electrons. The van der Waals surface area contributed by atoms with E-state index in [9.17, 15) is 9.18 Å². The molecule has 0 fully saturated rings. The number of hydrogen-bond donors (Lipinski definition) is 1. The van der Waals surface area contributed by atoms with E-state index in [-0.39, 0.29) is 23.0 Å². The molecule has 0 aliphatic rings. The first-order valence-electron chi connectivity index (χ1n) is 8.40. The molecule has 1 aromatic heterocycles. The van der Waals surface area contributed by atoms with E-state index in [0.29, 0.717) is 5.82 Å². The van der Waals surface area contributed by atoms with Crippen molar-refractivity contribution in [2.45, 2.75) is 37.1 Å². The highest BCUT2D eigenvalue weighted by Gasteiger charge is 2.19. The Kier molecular flexibility index (Phi) is 5.52. The summed E-state index contributed by atoms with van der Waals surface area (Å²) in [5, 5.41) is 4.38. The number of aromatic nitrogens is 2. The van der Waals surface area contributed by atoms with Gasteiger partial charge in [0.25, 0.3) is 0 Å². The van der Waals surface area contributed by atoms with Crippen molar-refractivity contribution >= 4 is 28.6 Å². The Morgan fingerprint density at radius 1 is 1.08 bits per heavy atom. The van der Waals surface area contributed by atoms with Crippen molar-refractivity contribution in [1.29, 1.82) is 0 Å². The summed E-state index contributed by atoms with van der Waals surface area (Å²) < 4.78 is 13.0. The summed E-state index contributed by atoms with van der Waals surface area (Å²) in [6.45, 7) is 5.58. The van der Waals surface area contributed by atoms with E-state index in [4.69, 9.17) is 0 Å². The van der Waals surface area contributed by atoms with Gasteiger partial charge < -0.3 is 5.32 Å². The standard InChI is InChI=1S/C20H20FN3OS/c1-12(15-8-10-16(21)11-9-15)22-19(25)13(2)26-20-17-6-4-5-7-18(17)23-14(3)24-20/h4-13H,1-3H3,(H,22,25)/t12-,13+/m1/s1. The Morgan fingerprint density at radius 3 is 2.50 bits per heavy atom. The van der Waals surface area contributed by atoms with Gasteiger partial charge in [-0.25, -0.2) is 14.4 Å². The van der Waals surface area contributed by atoms with E-state index in [2.05, 4.69) is 15.3 Å². The van der Waals surface area contributed by atoms with Crippen LogP contribution >= 0.6 is 11.8 Å². The lowest BCUT2D eigenvalue weighted by molar-refractivity contribution is -0.120. The number of nitrogens with zero attached hydrogens (tertiary/aromatic N) is 2. The van der Waals surface area contributed by atoms with Gasteiger partial charge in [-0.2, -0.15) is 0 Å². The number of amides is 1. The predicted octanol–water partition coefficient (Wildman–Crippen LogP) is 4.44. The zero-order valence-electron chi connectivity index (χ0n) is 14.9. The molecule has 4 nitrogen and oxygen atoms in total. The minimum Gasteiger partial charge on any atom is -0.349 e. The summed E-state index contributed by atoms with van der Waals surface area (Å²) in [6, 6.07) is 13.7. The molecule has 2 atom stereocenters. The van der Waals surface area contributed by atoms with Crippen LogP contribution in [0, 0.1) is 12.7 Å². The number of thioether (sulfide) groups is 1. The Labute approximate surface area is 156 Å². The van der Waals surface area contributed by atoms with Gasteiger partial charge in [0.1, 0.15) is 16.7 Å². The second kappa shape index (κ2) is 7.83.